The topological polar surface area (TPSA) is 15.3 Å². The lowest BCUT2D eigenvalue weighted by molar-refractivity contribution is 0.207. The molecular weight excluding hydrogens is 220 g/mol. The molecule has 104 valence electrons. The Bertz CT molecular complexity index is 252. The molecule has 3 saturated carbocycles. The highest BCUT2D eigenvalue weighted by Gasteiger charge is 2.40. The molecule has 3 rings (SSSR count). The van der Waals surface area contributed by atoms with E-state index in [-0.39, 0.29) is 0 Å². The second-order valence-electron chi connectivity index (χ2n) is 7.19. The SMILES string of the molecule is CC(C)N(CCNC(C1CC1)C1CC1)CC1CC1. The van der Waals surface area contributed by atoms with Crippen LogP contribution in [-0.4, -0.2) is 36.6 Å². The summed E-state index contributed by atoms with van der Waals surface area (Å²) in [5.41, 5.74) is 0. The van der Waals surface area contributed by atoms with E-state index in [0.717, 1.165) is 23.8 Å². The van der Waals surface area contributed by atoms with Crippen LogP contribution in [0.1, 0.15) is 52.4 Å². The van der Waals surface area contributed by atoms with Gasteiger partial charge in [-0.2, -0.15) is 0 Å². The predicted octanol–water partition coefficient (Wildman–Crippen LogP) is 2.89. The summed E-state index contributed by atoms with van der Waals surface area (Å²) < 4.78 is 0. The van der Waals surface area contributed by atoms with Gasteiger partial charge in [0.05, 0.1) is 0 Å². The van der Waals surface area contributed by atoms with Crippen molar-refractivity contribution in [2.75, 3.05) is 19.6 Å². The first kappa shape index (κ1) is 12.9. The molecule has 3 aliphatic rings. The van der Waals surface area contributed by atoms with Crippen molar-refractivity contribution < 1.29 is 0 Å². The minimum atomic E-state index is 0.715. The first-order valence-corrected chi connectivity index (χ1v) is 8.21. The molecule has 1 N–H and O–H groups in total. The van der Waals surface area contributed by atoms with E-state index in [0.29, 0.717) is 6.04 Å². The number of hydrogen-bond donors (Lipinski definition) is 1. The van der Waals surface area contributed by atoms with Crippen LogP contribution in [0.25, 0.3) is 0 Å². The van der Waals surface area contributed by atoms with Crippen molar-refractivity contribution in [1.82, 2.24) is 10.2 Å². The Morgan fingerprint density at radius 2 is 1.61 bits per heavy atom. The number of hydrogen-bond acceptors (Lipinski definition) is 2. The monoisotopic (exact) mass is 250 g/mol. The zero-order chi connectivity index (χ0) is 12.5. The Balaban J connectivity index is 1.38. The molecular formula is C16H30N2. The zero-order valence-corrected chi connectivity index (χ0v) is 12.2. The van der Waals surface area contributed by atoms with Crippen molar-refractivity contribution in [3.05, 3.63) is 0 Å². The standard InChI is InChI=1S/C16H30N2/c1-12(2)18(11-13-3-4-13)10-9-17-16(14-5-6-14)15-7-8-15/h12-17H,3-11H2,1-2H3. The number of nitrogens with one attached hydrogen (secondary N) is 1. The second kappa shape index (κ2) is 5.50. The summed E-state index contributed by atoms with van der Waals surface area (Å²) in [6, 6.07) is 1.59. The van der Waals surface area contributed by atoms with Crippen molar-refractivity contribution >= 4 is 0 Å². The van der Waals surface area contributed by atoms with E-state index in [2.05, 4.69) is 24.1 Å². The fourth-order valence-corrected chi connectivity index (χ4v) is 3.20. The molecule has 18 heavy (non-hydrogen) atoms. The van der Waals surface area contributed by atoms with E-state index in [1.54, 1.807) is 0 Å². The molecule has 3 fully saturated rings. The van der Waals surface area contributed by atoms with Crippen LogP contribution < -0.4 is 5.32 Å². The third-order valence-corrected chi connectivity index (χ3v) is 4.96. The largest absolute Gasteiger partial charge is 0.312 e. The van der Waals surface area contributed by atoms with Crippen LogP contribution >= 0.6 is 0 Å². The Kier molecular flexibility index (Phi) is 3.95. The third-order valence-electron chi connectivity index (χ3n) is 4.96. The Labute approximate surface area is 113 Å². The fourth-order valence-electron chi connectivity index (χ4n) is 3.20. The van der Waals surface area contributed by atoms with Gasteiger partial charge in [0.2, 0.25) is 0 Å². The van der Waals surface area contributed by atoms with E-state index in [4.69, 9.17) is 0 Å². The molecule has 0 radical (unpaired) electrons. The van der Waals surface area contributed by atoms with Gasteiger partial charge in [0.1, 0.15) is 0 Å². The predicted molar refractivity (Wildman–Crippen MR) is 76.7 cm³/mol. The van der Waals surface area contributed by atoms with Crippen molar-refractivity contribution in [3.8, 4) is 0 Å². The maximum Gasteiger partial charge on any atom is 0.0124 e. The number of nitrogens with zero attached hydrogens (tertiary/aromatic N) is 1. The van der Waals surface area contributed by atoms with Gasteiger partial charge in [-0.15, -0.1) is 0 Å². The van der Waals surface area contributed by atoms with E-state index >= 15 is 0 Å². The van der Waals surface area contributed by atoms with Crippen molar-refractivity contribution in [2.45, 2.75) is 64.5 Å². The lowest BCUT2D eigenvalue weighted by Gasteiger charge is -2.28. The molecule has 0 unspecified atom stereocenters. The van der Waals surface area contributed by atoms with Gasteiger partial charge in [0.15, 0.2) is 0 Å². The van der Waals surface area contributed by atoms with Crippen LogP contribution in [0.5, 0.6) is 0 Å². The van der Waals surface area contributed by atoms with Gasteiger partial charge in [0.25, 0.3) is 0 Å². The third kappa shape index (κ3) is 3.71. The van der Waals surface area contributed by atoms with Crippen LogP contribution in [0.2, 0.25) is 0 Å². The minimum absolute atomic E-state index is 0.715. The molecule has 0 heterocycles. The smallest absolute Gasteiger partial charge is 0.0124 e. The molecule has 0 saturated heterocycles. The summed E-state index contributed by atoms with van der Waals surface area (Å²) in [6.45, 7) is 8.51. The highest BCUT2D eigenvalue weighted by atomic mass is 15.2. The van der Waals surface area contributed by atoms with Crippen LogP contribution in [0.3, 0.4) is 0 Å². The molecule has 0 aromatic rings. The maximum absolute atomic E-state index is 3.88. The average Bonchev–Trinajstić information content (AvgIpc) is 3.18. The minimum Gasteiger partial charge on any atom is -0.312 e. The van der Waals surface area contributed by atoms with Crippen LogP contribution in [0.4, 0.5) is 0 Å². The maximum atomic E-state index is 3.88. The van der Waals surface area contributed by atoms with Gasteiger partial charge in [-0.3, -0.25) is 4.90 Å². The van der Waals surface area contributed by atoms with E-state index in [9.17, 15) is 0 Å². The molecule has 0 aliphatic heterocycles. The second-order valence-corrected chi connectivity index (χ2v) is 7.19. The molecule has 0 atom stereocenters. The summed E-state index contributed by atoms with van der Waals surface area (Å²) in [6.07, 6.45) is 8.91. The Morgan fingerprint density at radius 3 is 2.06 bits per heavy atom. The van der Waals surface area contributed by atoms with Crippen molar-refractivity contribution in [3.63, 3.8) is 0 Å². The van der Waals surface area contributed by atoms with Crippen LogP contribution in [0.15, 0.2) is 0 Å². The van der Waals surface area contributed by atoms with Gasteiger partial charge in [-0.1, -0.05) is 0 Å². The van der Waals surface area contributed by atoms with Gasteiger partial charge >= 0.3 is 0 Å². The number of rotatable bonds is 9. The summed E-state index contributed by atoms with van der Waals surface area (Å²) in [7, 11) is 0. The molecule has 2 heteroatoms. The van der Waals surface area contributed by atoms with E-state index < -0.39 is 0 Å². The Hall–Kier alpha value is -0.0800. The van der Waals surface area contributed by atoms with Gasteiger partial charge in [-0.05, 0) is 70.1 Å². The van der Waals surface area contributed by atoms with E-state index in [1.165, 1.54) is 58.2 Å². The zero-order valence-electron chi connectivity index (χ0n) is 12.2. The molecule has 0 bridgehead atoms. The lowest BCUT2D eigenvalue weighted by Crippen LogP contribution is -2.42. The average molecular weight is 250 g/mol. The fraction of sp³-hybridized carbons (Fsp3) is 1.00. The first-order chi connectivity index (χ1) is 8.74. The van der Waals surface area contributed by atoms with Crippen molar-refractivity contribution in [1.29, 1.82) is 0 Å². The highest BCUT2D eigenvalue weighted by Crippen LogP contribution is 2.44. The summed E-state index contributed by atoms with van der Waals surface area (Å²) in [5, 5.41) is 3.88. The lowest BCUT2D eigenvalue weighted by atomic mass is 10.1. The van der Waals surface area contributed by atoms with Crippen LogP contribution in [-0.2, 0) is 0 Å². The van der Waals surface area contributed by atoms with Gasteiger partial charge in [-0.25, -0.2) is 0 Å². The van der Waals surface area contributed by atoms with Gasteiger partial charge < -0.3 is 5.32 Å². The normalized spacial score (nSPS) is 24.5. The molecule has 0 aromatic heterocycles. The van der Waals surface area contributed by atoms with E-state index in [1.807, 2.05) is 0 Å². The van der Waals surface area contributed by atoms with Gasteiger partial charge in [0, 0.05) is 31.7 Å². The van der Waals surface area contributed by atoms with Crippen molar-refractivity contribution in [2.24, 2.45) is 17.8 Å². The molecule has 0 amide bonds. The Morgan fingerprint density at radius 1 is 1.00 bits per heavy atom. The molecule has 0 spiro atoms. The molecule has 3 aliphatic carbocycles. The summed E-state index contributed by atoms with van der Waals surface area (Å²) >= 11 is 0. The summed E-state index contributed by atoms with van der Waals surface area (Å²) in [5.74, 6) is 3.09. The molecule has 0 aromatic carbocycles. The summed E-state index contributed by atoms with van der Waals surface area (Å²) in [4.78, 5) is 2.68. The highest BCUT2D eigenvalue weighted by molar-refractivity contribution is 4.96. The molecule has 2 nitrogen and oxygen atoms in total. The van der Waals surface area contributed by atoms with Crippen LogP contribution in [0, 0.1) is 17.8 Å². The quantitative estimate of drug-likeness (QED) is 0.677. The first-order valence-electron chi connectivity index (χ1n) is 8.21.